The predicted octanol–water partition coefficient (Wildman–Crippen LogP) is 3.36. The molecule has 1 aromatic carbocycles. The van der Waals surface area contributed by atoms with Gasteiger partial charge >= 0.3 is 5.97 Å². The second kappa shape index (κ2) is 8.37. The molecule has 0 aliphatic rings. The van der Waals surface area contributed by atoms with Crippen molar-refractivity contribution in [2.45, 2.75) is 32.1 Å². The molecule has 0 aliphatic carbocycles. The maximum atomic E-state index is 12.3. The summed E-state index contributed by atoms with van der Waals surface area (Å²) in [7, 11) is 0. The Morgan fingerprint density at radius 1 is 1.33 bits per heavy atom. The largest absolute Gasteiger partial charge is 0.457 e. The summed E-state index contributed by atoms with van der Waals surface area (Å²) >= 11 is 1.26. The van der Waals surface area contributed by atoms with E-state index in [0.717, 1.165) is 11.3 Å². The van der Waals surface area contributed by atoms with Gasteiger partial charge in [-0.2, -0.15) is 5.26 Å². The van der Waals surface area contributed by atoms with Gasteiger partial charge in [0.2, 0.25) is 0 Å². The summed E-state index contributed by atoms with van der Waals surface area (Å²) in [5, 5.41) is 11.4. The minimum Gasteiger partial charge on any atom is -0.457 e. The number of nitrogens with zero attached hydrogens (tertiary/aromatic N) is 2. The van der Waals surface area contributed by atoms with Gasteiger partial charge < -0.3 is 4.74 Å². The van der Waals surface area contributed by atoms with Crippen LogP contribution < -0.4 is 0 Å². The number of nitriles is 1. The van der Waals surface area contributed by atoms with Crippen LogP contribution in [-0.4, -0.2) is 23.3 Å². The molecular weight excluding hydrogens is 324 g/mol. The van der Waals surface area contributed by atoms with E-state index in [1.165, 1.54) is 11.3 Å². The molecule has 2 rings (SSSR count). The number of ketones is 1. The van der Waals surface area contributed by atoms with Gasteiger partial charge in [0.1, 0.15) is 5.01 Å². The first-order valence-corrected chi connectivity index (χ1v) is 8.50. The summed E-state index contributed by atoms with van der Waals surface area (Å²) < 4.78 is 5.16. The Labute approximate surface area is 144 Å². The maximum absolute atomic E-state index is 12.3. The number of rotatable bonds is 7. The number of benzene rings is 1. The number of aromatic nitrogens is 1. The van der Waals surface area contributed by atoms with Crippen molar-refractivity contribution in [1.82, 2.24) is 4.98 Å². The van der Waals surface area contributed by atoms with Crippen molar-refractivity contribution in [3.8, 4) is 6.07 Å². The lowest BCUT2D eigenvalue weighted by atomic mass is 9.97. The van der Waals surface area contributed by atoms with Gasteiger partial charge in [-0.05, 0) is 18.9 Å². The van der Waals surface area contributed by atoms with Crippen LogP contribution >= 0.6 is 11.3 Å². The molecular formula is C18H18N2O3S. The Morgan fingerprint density at radius 3 is 2.58 bits per heavy atom. The average molecular weight is 342 g/mol. The number of carbonyl (C=O) groups is 2. The molecule has 24 heavy (non-hydrogen) atoms. The SMILES string of the molecule is CC[C@@H](C(=O)OCC(=O)[C@@H](C#N)c1nc(C)cs1)c1ccccc1. The molecule has 5 nitrogen and oxygen atoms in total. The molecule has 0 N–H and O–H groups in total. The van der Waals surface area contributed by atoms with E-state index in [1.807, 2.05) is 43.3 Å². The van der Waals surface area contributed by atoms with E-state index in [2.05, 4.69) is 4.98 Å². The van der Waals surface area contributed by atoms with Crippen molar-refractivity contribution in [2.75, 3.05) is 6.61 Å². The zero-order valence-corrected chi connectivity index (χ0v) is 14.4. The quantitative estimate of drug-likeness (QED) is 0.721. The highest BCUT2D eigenvalue weighted by Gasteiger charge is 2.26. The highest BCUT2D eigenvalue weighted by atomic mass is 32.1. The third-order valence-corrected chi connectivity index (χ3v) is 4.61. The van der Waals surface area contributed by atoms with Gasteiger partial charge in [-0.15, -0.1) is 11.3 Å². The summed E-state index contributed by atoms with van der Waals surface area (Å²) in [6.45, 7) is 3.26. The van der Waals surface area contributed by atoms with Crippen LogP contribution in [0.25, 0.3) is 0 Å². The van der Waals surface area contributed by atoms with E-state index >= 15 is 0 Å². The molecule has 124 valence electrons. The van der Waals surface area contributed by atoms with Gasteiger partial charge in [-0.1, -0.05) is 37.3 Å². The monoisotopic (exact) mass is 342 g/mol. The number of ether oxygens (including phenoxy) is 1. The smallest absolute Gasteiger partial charge is 0.313 e. The van der Waals surface area contributed by atoms with Crippen LogP contribution in [0.2, 0.25) is 0 Å². The van der Waals surface area contributed by atoms with E-state index in [4.69, 9.17) is 4.74 Å². The number of carbonyl (C=O) groups excluding carboxylic acids is 2. The summed E-state index contributed by atoms with van der Waals surface area (Å²) in [4.78, 5) is 28.6. The topological polar surface area (TPSA) is 80.0 Å². The van der Waals surface area contributed by atoms with E-state index in [0.29, 0.717) is 11.4 Å². The fraction of sp³-hybridized carbons (Fsp3) is 0.333. The van der Waals surface area contributed by atoms with Crippen LogP contribution in [0.5, 0.6) is 0 Å². The van der Waals surface area contributed by atoms with Gasteiger partial charge in [0.05, 0.1) is 12.0 Å². The number of hydrogen-bond donors (Lipinski definition) is 0. The molecule has 1 aromatic heterocycles. The highest BCUT2D eigenvalue weighted by Crippen LogP contribution is 2.23. The van der Waals surface area contributed by atoms with Crippen LogP contribution in [0.1, 0.15) is 41.4 Å². The van der Waals surface area contributed by atoms with Gasteiger partial charge in [-0.3, -0.25) is 9.59 Å². The van der Waals surface area contributed by atoms with Gasteiger partial charge in [0.15, 0.2) is 18.3 Å². The summed E-state index contributed by atoms with van der Waals surface area (Å²) in [6.07, 6.45) is 0.574. The molecule has 0 amide bonds. The van der Waals surface area contributed by atoms with Gasteiger partial charge in [0, 0.05) is 11.1 Å². The minimum absolute atomic E-state index is 0.415. The fourth-order valence-corrected chi connectivity index (χ4v) is 3.18. The van der Waals surface area contributed by atoms with Crippen molar-refractivity contribution in [3.05, 3.63) is 52.0 Å². The Hall–Kier alpha value is -2.52. The maximum Gasteiger partial charge on any atom is 0.313 e. The molecule has 2 aromatic rings. The van der Waals surface area contributed by atoms with Crippen LogP contribution in [0.4, 0.5) is 0 Å². The Bertz CT molecular complexity index is 749. The first-order chi connectivity index (χ1) is 11.6. The number of hydrogen-bond acceptors (Lipinski definition) is 6. The average Bonchev–Trinajstić information content (AvgIpc) is 3.01. The van der Waals surface area contributed by atoms with Crippen molar-refractivity contribution in [2.24, 2.45) is 0 Å². The van der Waals surface area contributed by atoms with E-state index in [-0.39, 0.29) is 0 Å². The van der Waals surface area contributed by atoms with E-state index in [9.17, 15) is 14.9 Å². The summed E-state index contributed by atoms with van der Waals surface area (Å²) in [5.74, 6) is -2.32. The lowest BCUT2D eigenvalue weighted by Crippen LogP contribution is -2.23. The number of aryl methyl sites for hydroxylation is 1. The molecule has 0 saturated heterocycles. The van der Waals surface area contributed by atoms with E-state index in [1.54, 1.807) is 12.3 Å². The van der Waals surface area contributed by atoms with Crippen molar-refractivity contribution in [3.63, 3.8) is 0 Å². The summed E-state index contributed by atoms with van der Waals surface area (Å²) in [5.41, 5.74) is 1.61. The molecule has 6 heteroatoms. The molecule has 0 radical (unpaired) electrons. The molecule has 0 saturated carbocycles. The van der Waals surface area contributed by atoms with Crippen LogP contribution in [-0.2, 0) is 14.3 Å². The van der Waals surface area contributed by atoms with E-state index < -0.39 is 30.2 Å². The van der Waals surface area contributed by atoms with Crippen LogP contribution in [0, 0.1) is 18.3 Å². The molecule has 1 heterocycles. The molecule has 0 fully saturated rings. The standard InChI is InChI=1S/C18H18N2O3S/c1-3-14(13-7-5-4-6-8-13)18(22)23-10-16(21)15(9-19)17-20-12(2)11-24-17/h4-8,11,14-15H,3,10H2,1-2H3/t14-,15-/m1/s1. The van der Waals surface area contributed by atoms with Crippen molar-refractivity contribution >= 4 is 23.1 Å². The second-order valence-electron chi connectivity index (χ2n) is 5.33. The third kappa shape index (κ3) is 4.27. The number of thiazole rings is 1. The molecule has 0 bridgehead atoms. The van der Waals surface area contributed by atoms with Crippen molar-refractivity contribution in [1.29, 1.82) is 5.26 Å². The summed E-state index contributed by atoms with van der Waals surface area (Å²) in [6, 6.07) is 11.2. The van der Waals surface area contributed by atoms with Crippen LogP contribution in [0.3, 0.4) is 0 Å². The Morgan fingerprint density at radius 2 is 2.04 bits per heavy atom. The minimum atomic E-state index is -0.992. The zero-order chi connectivity index (χ0) is 17.5. The Kier molecular flexibility index (Phi) is 6.21. The lowest BCUT2D eigenvalue weighted by molar-refractivity contribution is -0.149. The third-order valence-electron chi connectivity index (χ3n) is 3.59. The van der Waals surface area contributed by atoms with Gasteiger partial charge in [-0.25, -0.2) is 4.98 Å². The molecule has 0 unspecified atom stereocenters. The first kappa shape index (κ1) is 17.8. The molecule has 0 aliphatic heterocycles. The van der Waals surface area contributed by atoms with Gasteiger partial charge in [0.25, 0.3) is 0 Å². The fourth-order valence-electron chi connectivity index (χ4n) is 2.32. The molecule has 2 atom stereocenters. The number of Topliss-reactive ketones (excluding diaryl/α,β-unsaturated/α-hetero) is 1. The number of esters is 1. The van der Waals surface area contributed by atoms with Crippen molar-refractivity contribution < 1.29 is 14.3 Å². The highest BCUT2D eigenvalue weighted by molar-refractivity contribution is 7.09. The zero-order valence-electron chi connectivity index (χ0n) is 13.6. The first-order valence-electron chi connectivity index (χ1n) is 7.62. The molecule has 0 spiro atoms. The lowest BCUT2D eigenvalue weighted by Gasteiger charge is -2.14. The predicted molar refractivity (Wildman–Crippen MR) is 90.6 cm³/mol. The second-order valence-corrected chi connectivity index (χ2v) is 6.22. The Balaban J connectivity index is 1.99. The van der Waals surface area contributed by atoms with Crippen LogP contribution in [0.15, 0.2) is 35.7 Å². The normalized spacial score (nSPS) is 12.9.